The molecule has 0 spiro atoms. The summed E-state index contributed by atoms with van der Waals surface area (Å²) in [4.78, 5) is 26.5. The molecule has 9 nitrogen and oxygen atoms in total. The van der Waals surface area contributed by atoms with Gasteiger partial charge in [0.2, 0.25) is 0 Å². The highest BCUT2D eigenvalue weighted by Crippen LogP contribution is 2.42. The van der Waals surface area contributed by atoms with Crippen molar-refractivity contribution in [1.82, 2.24) is 9.55 Å². The number of ether oxygens (including phenoxy) is 3. The zero-order chi connectivity index (χ0) is 18.4. The summed E-state index contributed by atoms with van der Waals surface area (Å²) < 4.78 is 18.6. The average molecular weight is 353 g/mol. The average Bonchev–Trinajstić information content (AvgIpc) is 2.99. The minimum atomic E-state index is -0.850. The molecular weight excluding hydrogens is 330 g/mol. The Labute approximate surface area is 144 Å². The fourth-order valence-electron chi connectivity index (χ4n) is 3.08. The molecule has 3 rings (SSSR count). The molecule has 138 valence electrons. The van der Waals surface area contributed by atoms with Gasteiger partial charge in [-0.3, -0.25) is 14.3 Å². The molecule has 2 saturated heterocycles. The zero-order valence-electron chi connectivity index (χ0n) is 14.4. The lowest BCUT2D eigenvalue weighted by molar-refractivity contribution is -0.200. The molecule has 1 aromatic rings. The van der Waals surface area contributed by atoms with E-state index in [1.54, 1.807) is 13.8 Å². The number of nitrogens with zero attached hydrogens (tertiary/aromatic N) is 1. The van der Waals surface area contributed by atoms with Crippen molar-refractivity contribution in [2.45, 2.75) is 51.1 Å². The molecule has 2 fully saturated rings. The van der Waals surface area contributed by atoms with Crippen LogP contribution in [0.1, 0.15) is 27.0 Å². The van der Waals surface area contributed by atoms with Crippen molar-refractivity contribution in [2.75, 3.05) is 18.5 Å². The summed E-state index contributed by atoms with van der Waals surface area (Å²) in [6.45, 7) is 9.22. The third-order valence-corrected chi connectivity index (χ3v) is 4.13. The predicted molar refractivity (Wildman–Crippen MR) is 89.4 cm³/mol. The maximum atomic E-state index is 12.3. The largest absolute Gasteiger partial charge is 0.394 e. The molecule has 1 aromatic heterocycles. The third-order valence-electron chi connectivity index (χ3n) is 4.13. The van der Waals surface area contributed by atoms with Gasteiger partial charge in [-0.2, -0.15) is 0 Å². The van der Waals surface area contributed by atoms with Crippen molar-refractivity contribution in [1.29, 1.82) is 0 Å². The minimum absolute atomic E-state index is 0.216. The summed E-state index contributed by atoms with van der Waals surface area (Å²) in [6, 6.07) is 0. The number of anilines is 1. The Morgan fingerprint density at radius 3 is 2.72 bits per heavy atom. The van der Waals surface area contributed by atoms with Gasteiger partial charge in [-0.25, -0.2) is 4.79 Å². The van der Waals surface area contributed by atoms with Gasteiger partial charge in [0.1, 0.15) is 24.0 Å². The van der Waals surface area contributed by atoms with Crippen LogP contribution >= 0.6 is 0 Å². The highest BCUT2D eigenvalue weighted by Gasteiger charge is 2.55. The molecule has 4 atom stereocenters. The zero-order valence-corrected chi connectivity index (χ0v) is 14.4. The van der Waals surface area contributed by atoms with Crippen LogP contribution in [0, 0.1) is 0 Å². The lowest BCUT2D eigenvalue weighted by atomic mass is 10.1. The van der Waals surface area contributed by atoms with Crippen LogP contribution in [0.4, 0.5) is 5.69 Å². The summed E-state index contributed by atoms with van der Waals surface area (Å²) in [6.07, 6.45) is -1.14. The number of H-pyrrole nitrogens is 1. The summed E-state index contributed by atoms with van der Waals surface area (Å²) in [5.74, 6) is -0.850. The Kier molecular flexibility index (Phi) is 4.58. The van der Waals surface area contributed by atoms with Crippen molar-refractivity contribution in [2.24, 2.45) is 0 Å². The van der Waals surface area contributed by atoms with Gasteiger partial charge in [0, 0.05) is 12.7 Å². The lowest BCUT2D eigenvalue weighted by Gasteiger charge is -2.24. The summed E-state index contributed by atoms with van der Waals surface area (Å²) in [5, 5.41) is 12.5. The second kappa shape index (κ2) is 6.41. The first-order chi connectivity index (χ1) is 11.7. The summed E-state index contributed by atoms with van der Waals surface area (Å²) in [5.41, 5.74) is -0.0986. The van der Waals surface area contributed by atoms with Crippen molar-refractivity contribution < 1.29 is 19.3 Å². The van der Waals surface area contributed by atoms with E-state index in [2.05, 4.69) is 16.9 Å². The first-order valence-corrected chi connectivity index (χ1v) is 8.07. The molecule has 3 heterocycles. The van der Waals surface area contributed by atoms with Gasteiger partial charge in [0.15, 0.2) is 12.0 Å². The number of aromatic nitrogens is 2. The Morgan fingerprint density at radius 1 is 1.40 bits per heavy atom. The van der Waals surface area contributed by atoms with E-state index in [0.29, 0.717) is 6.54 Å². The Morgan fingerprint density at radius 2 is 2.08 bits per heavy atom. The van der Waals surface area contributed by atoms with Crippen molar-refractivity contribution in [3.05, 3.63) is 39.2 Å². The minimum Gasteiger partial charge on any atom is -0.394 e. The van der Waals surface area contributed by atoms with E-state index in [1.165, 1.54) is 10.8 Å². The van der Waals surface area contributed by atoms with Crippen LogP contribution in [0.3, 0.4) is 0 Å². The number of aliphatic hydroxyl groups is 1. The van der Waals surface area contributed by atoms with E-state index in [4.69, 9.17) is 14.2 Å². The highest BCUT2D eigenvalue weighted by molar-refractivity contribution is 5.39. The molecule has 0 radical (unpaired) electrons. The van der Waals surface area contributed by atoms with E-state index in [9.17, 15) is 14.7 Å². The highest BCUT2D eigenvalue weighted by atomic mass is 16.8. The summed E-state index contributed by atoms with van der Waals surface area (Å²) in [7, 11) is 0. The van der Waals surface area contributed by atoms with Gasteiger partial charge >= 0.3 is 5.69 Å². The van der Waals surface area contributed by atoms with Crippen LogP contribution in [-0.2, 0) is 14.2 Å². The van der Waals surface area contributed by atoms with Crippen molar-refractivity contribution in [3.63, 3.8) is 0 Å². The SMILES string of the molecule is C=C(C)CNc1cn([C@@H]2O[C@H](CO)C3OC(C)(C)OC32)c(=O)[nH]c1=O. The van der Waals surface area contributed by atoms with Gasteiger partial charge in [0.05, 0.1) is 6.61 Å². The molecule has 2 unspecified atom stereocenters. The van der Waals surface area contributed by atoms with E-state index in [0.717, 1.165) is 5.57 Å². The van der Waals surface area contributed by atoms with E-state index >= 15 is 0 Å². The molecule has 2 aliphatic heterocycles. The molecule has 0 aromatic carbocycles. The molecule has 9 heteroatoms. The van der Waals surface area contributed by atoms with E-state index in [-0.39, 0.29) is 12.3 Å². The van der Waals surface area contributed by atoms with E-state index in [1.807, 2.05) is 6.92 Å². The number of rotatable bonds is 5. The number of hydrogen-bond donors (Lipinski definition) is 3. The van der Waals surface area contributed by atoms with Gasteiger partial charge in [-0.05, 0) is 20.8 Å². The van der Waals surface area contributed by atoms with Gasteiger partial charge in [0.25, 0.3) is 5.56 Å². The second-order valence-electron chi connectivity index (χ2n) is 6.83. The van der Waals surface area contributed by atoms with Crippen LogP contribution in [0.5, 0.6) is 0 Å². The topological polar surface area (TPSA) is 115 Å². The number of nitrogens with one attached hydrogen (secondary N) is 2. The maximum Gasteiger partial charge on any atom is 0.330 e. The number of hydrogen-bond acceptors (Lipinski definition) is 7. The molecule has 25 heavy (non-hydrogen) atoms. The molecule has 0 amide bonds. The second-order valence-corrected chi connectivity index (χ2v) is 6.83. The summed E-state index contributed by atoms with van der Waals surface area (Å²) >= 11 is 0. The monoisotopic (exact) mass is 353 g/mol. The number of aromatic amines is 1. The molecule has 0 saturated carbocycles. The fourth-order valence-corrected chi connectivity index (χ4v) is 3.08. The van der Waals surface area contributed by atoms with Crippen LogP contribution in [0.15, 0.2) is 27.9 Å². The smallest absolute Gasteiger partial charge is 0.330 e. The van der Waals surface area contributed by atoms with E-state index < -0.39 is 41.6 Å². The van der Waals surface area contributed by atoms with Crippen molar-refractivity contribution >= 4 is 5.69 Å². The third kappa shape index (κ3) is 3.40. The van der Waals surface area contributed by atoms with Gasteiger partial charge in [-0.1, -0.05) is 12.2 Å². The fraction of sp³-hybridized carbons (Fsp3) is 0.625. The Hall–Kier alpha value is -1.94. The van der Waals surface area contributed by atoms with Gasteiger partial charge < -0.3 is 24.6 Å². The molecular formula is C16H23N3O6. The van der Waals surface area contributed by atoms with Crippen LogP contribution < -0.4 is 16.6 Å². The molecule has 3 N–H and O–H groups in total. The van der Waals surface area contributed by atoms with Crippen LogP contribution in [-0.4, -0.2) is 51.9 Å². The standard InChI is InChI=1S/C16H23N3O6/c1-8(2)5-17-9-6-19(15(22)18-13(9)21)14-12-11(10(7-20)23-14)24-16(3,4)25-12/h6,10-12,14,17,20H,1,5,7H2,2-4H3,(H,18,21,22)/t10-,11?,12?,14-/m1/s1. The lowest BCUT2D eigenvalue weighted by Crippen LogP contribution is -2.38. The van der Waals surface area contributed by atoms with Gasteiger partial charge in [-0.15, -0.1) is 0 Å². The Bertz CT molecular complexity index is 783. The molecule has 0 aliphatic carbocycles. The maximum absolute atomic E-state index is 12.3. The molecule has 2 aliphatic rings. The Balaban J connectivity index is 1.95. The number of aliphatic hydroxyl groups excluding tert-OH is 1. The predicted octanol–water partition coefficient (Wildman–Crippen LogP) is -0.0656. The van der Waals surface area contributed by atoms with Crippen LogP contribution in [0.25, 0.3) is 0 Å². The normalized spacial score (nSPS) is 30.2. The molecule has 0 bridgehead atoms. The quantitative estimate of drug-likeness (QED) is 0.635. The van der Waals surface area contributed by atoms with Crippen LogP contribution in [0.2, 0.25) is 0 Å². The number of fused-ring (bicyclic) bond motifs is 1. The first kappa shape index (κ1) is 17.9. The van der Waals surface area contributed by atoms with Crippen molar-refractivity contribution in [3.8, 4) is 0 Å². The first-order valence-electron chi connectivity index (χ1n) is 8.07.